The summed E-state index contributed by atoms with van der Waals surface area (Å²) in [5.74, 6) is 0. The van der Waals surface area contributed by atoms with E-state index in [-0.39, 0.29) is 24.8 Å². The van der Waals surface area contributed by atoms with Crippen molar-refractivity contribution < 1.29 is 23.3 Å². The van der Waals surface area contributed by atoms with Gasteiger partial charge in [-0.05, 0) is 0 Å². The van der Waals surface area contributed by atoms with Crippen molar-refractivity contribution in [2.24, 2.45) is 0 Å². The van der Waals surface area contributed by atoms with Crippen molar-refractivity contribution in [2.45, 2.75) is 0 Å². The van der Waals surface area contributed by atoms with Crippen LogP contribution in [0.25, 0.3) is 32.3 Å². The van der Waals surface area contributed by atoms with Crippen LogP contribution in [0.2, 0.25) is 0 Å². The van der Waals surface area contributed by atoms with Crippen molar-refractivity contribution in [3.8, 4) is 0 Å². The van der Waals surface area contributed by atoms with Gasteiger partial charge in [0.1, 0.15) is 0 Å². The molecule has 0 aliphatic rings. The summed E-state index contributed by atoms with van der Waals surface area (Å²) in [5.41, 5.74) is -0.455. The van der Waals surface area contributed by atoms with E-state index in [1.807, 2.05) is 0 Å². The molecular formula is C34H28Cl2SiZr. The minimum atomic E-state index is -0.455. The molecule has 4 heteroatoms. The second-order valence-corrected chi connectivity index (χ2v) is 14.2. The fraction of sp³-hybridized carbons (Fsp3) is 0. The molecule has 0 aliphatic heterocycles. The number of benzene rings is 5. The van der Waals surface area contributed by atoms with Crippen molar-refractivity contribution >= 4 is 72.9 Å². The maximum Gasteiger partial charge on any atom is -0.0771 e. The molecule has 7 aromatic rings. The quantitative estimate of drug-likeness (QED) is 0.133. The maximum atomic E-state index is 2.25. The van der Waals surface area contributed by atoms with Gasteiger partial charge in [-0.25, -0.2) is 0 Å². The molecule has 0 heterocycles. The second-order valence-electron chi connectivity index (χ2n) is 8.58. The van der Waals surface area contributed by atoms with Crippen LogP contribution < -0.4 is 10.4 Å². The Hall–Kier alpha value is -2.74. The molecule has 0 bridgehead atoms. The molecule has 0 saturated carbocycles. The van der Waals surface area contributed by atoms with Gasteiger partial charge < -0.3 is 0 Å². The summed E-state index contributed by atoms with van der Waals surface area (Å²) in [6.45, 7) is 0. The molecule has 0 atom stereocenters. The van der Waals surface area contributed by atoms with E-state index in [9.17, 15) is 0 Å². The van der Waals surface area contributed by atoms with Crippen LogP contribution in [0.1, 0.15) is 0 Å². The summed E-state index contributed by atoms with van der Waals surface area (Å²) in [5, 5.41) is 11.1. The zero-order valence-corrected chi connectivity index (χ0v) is 25.9. The molecule has 0 saturated heterocycles. The molecule has 0 spiro atoms. The minimum absolute atomic E-state index is 0. The fourth-order valence-electron chi connectivity index (χ4n) is 4.35. The van der Waals surface area contributed by atoms with Gasteiger partial charge in [0.15, 0.2) is 0 Å². The van der Waals surface area contributed by atoms with Gasteiger partial charge in [-0.15, -0.1) is 94.2 Å². The summed E-state index contributed by atoms with van der Waals surface area (Å²) in [6.07, 6.45) is 0. The molecule has 0 amide bonds. The Morgan fingerprint density at radius 1 is 0.447 bits per heavy atom. The molecule has 0 nitrogen and oxygen atoms in total. The standard InChI is InChI=1S/C13H9.C12H10Si.C9H7.2ClH.Zr/c1-3-7-12-10(5-1)9-11-6-2-4-8-13(11)12;1-3-7-11(8-4-1)13-12-9-5-2-6-10-12;1-2-5-9-7-3-6-8(9)4-1;;;/h1-9H;1-10H;1-7H;2*1H;/q-1;;-1;;;+2. The van der Waals surface area contributed by atoms with E-state index in [2.05, 4.69) is 158 Å². The van der Waals surface area contributed by atoms with Gasteiger partial charge in [0, 0.05) is 0 Å². The van der Waals surface area contributed by atoms with Gasteiger partial charge in [0.05, 0.1) is 0 Å². The molecule has 7 aromatic carbocycles. The number of rotatable bonds is 2. The van der Waals surface area contributed by atoms with E-state index in [1.165, 1.54) is 42.7 Å². The summed E-state index contributed by atoms with van der Waals surface area (Å²) < 4.78 is 0. The minimum Gasteiger partial charge on any atom is -0.168 e. The normalized spacial score (nSPS) is 9.84. The van der Waals surface area contributed by atoms with Crippen molar-refractivity contribution in [2.75, 3.05) is 0 Å². The Morgan fingerprint density at radius 3 is 1.37 bits per heavy atom. The van der Waals surface area contributed by atoms with Crippen LogP contribution in [0.4, 0.5) is 0 Å². The third kappa shape index (κ3) is 7.43. The molecule has 38 heavy (non-hydrogen) atoms. The third-order valence-electron chi connectivity index (χ3n) is 6.20. The number of halogens is 2. The topological polar surface area (TPSA) is 0 Å². The zero-order valence-electron chi connectivity index (χ0n) is 20.8. The zero-order chi connectivity index (χ0) is 24.6. The van der Waals surface area contributed by atoms with Crippen LogP contribution in [0.3, 0.4) is 0 Å². The largest absolute Gasteiger partial charge is 0.168 e. The van der Waals surface area contributed by atoms with Gasteiger partial charge in [0.2, 0.25) is 0 Å². The number of hydrogen-bond donors (Lipinski definition) is 0. The molecule has 186 valence electrons. The molecule has 7 rings (SSSR count). The van der Waals surface area contributed by atoms with Crippen LogP contribution in [0.5, 0.6) is 0 Å². The molecule has 0 unspecified atom stereocenters. The van der Waals surface area contributed by atoms with E-state index >= 15 is 0 Å². The Balaban J connectivity index is 0.000000157. The molecule has 0 aliphatic carbocycles. The monoisotopic (exact) mass is 624 g/mol. The van der Waals surface area contributed by atoms with Crippen LogP contribution in [0.15, 0.2) is 158 Å². The smallest absolute Gasteiger partial charge is 0.0771 e. The number of hydrogen-bond acceptors (Lipinski definition) is 0. The van der Waals surface area contributed by atoms with Gasteiger partial charge in [0.25, 0.3) is 0 Å². The van der Waals surface area contributed by atoms with E-state index in [4.69, 9.17) is 0 Å². The molecule has 0 aromatic heterocycles. The molecule has 0 radical (unpaired) electrons. The van der Waals surface area contributed by atoms with Gasteiger partial charge in [-0.2, -0.15) is 17.5 Å². The maximum absolute atomic E-state index is 2.25. The van der Waals surface area contributed by atoms with Crippen molar-refractivity contribution in [3.05, 3.63) is 158 Å². The SMILES string of the molecule is Cl.Cl.[Zr+2]=[Si](c1ccccc1)c1ccccc1.c1ccc2[cH-]ccc2c1.c1ccc2c(c1)[cH-]c1ccccc12. The summed E-state index contributed by atoms with van der Waals surface area (Å²) in [7, 11) is 0. The Kier molecular flexibility index (Phi) is 11.8. The predicted molar refractivity (Wildman–Crippen MR) is 169 cm³/mol. The van der Waals surface area contributed by atoms with Crippen molar-refractivity contribution in [1.82, 2.24) is 0 Å². The van der Waals surface area contributed by atoms with Crippen molar-refractivity contribution in [1.29, 1.82) is 0 Å². The first-order valence-electron chi connectivity index (χ1n) is 12.1. The summed E-state index contributed by atoms with van der Waals surface area (Å²) in [6, 6.07) is 55.6. The van der Waals surface area contributed by atoms with Gasteiger partial charge >= 0.3 is 99.8 Å². The van der Waals surface area contributed by atoms with E-state index in [1.54, 1.807) is 23.3 Å². The second kappa shape index (κ2) is 15.0. The Morgan fingerprint density at radius 2 is 0.868 bits per heavy atom. The molecule has 0 N–H and O–H groups in total. The number of fused-ring (bicyclic) bond motifs is 4. The fourth-order valence-corrected chi connectivity index (χ4v) is 8.19. The van der Waals surface area contributed by atoms with Crippen LogP contribution >= 0.6 is 24.8 Å². The first-order chi connectivity index (χ1) is 17.8. The van der Waals surface area contributed by atoms with E-state index in [0.29, 0.717) is 0 Å². The molecule has 0 fully saturated rings. The first kappa shape index (κ1) is 29.8. The summed E-state index contributed by atoms with van der Waals surface area (Å²) >= 11 is 1.64. The average molecular weight is 627 g/mol. The molecular weight excluding hydrogens is 599 g/mol. The predicted octanol–water partition coefficient (Wildman–Crippen LogP) is 8.45. The van der Waals surface area contributed by atoms with Gasteiger partial charge in [-0.3, -0.25) is 0 Å². The van der Waals surface area contributed by atoms with Crippen LogP contribution in [-0.2, 0) is 23.3 Å². The first-order valence-corrected chi connectivity index (χ1v) is 17.3. The van der Waals surface area contributed by atoms with Crippen molar-refractivity contribution in [3.63, 3.8) is 0 Å². The van der Waals surface area contributed by atoms with E-state index < -0.39 is 5.43 Å². The van der Waals surface area contributed by atoms with Gasteiger partial charge in [-0.1, -0.05) is 42.5 Å². The van der Waals surface area contributed by atoms with Crippen LogP contribution in [0, 0.1) is 0 Å². The Bertz CT molecular complexity index is 1580. The van der Waals surface area contributed by atoms with Crippen LogP contribution in [-0.4, -0.2) is 5.43 Å². The average Bonchev–Trinajstić information content (AvgIpc) is 3.59. The Labute approximate surface area is 252 Å². The van der Waals surface area contributed by atoms with E-state index in [0.717, 1.165) is 0 Å². The third-order valence-corrected chi connectivity index (χ3v) is 12.3. The summed E-state index contributed by atoms with van der Waals surface area (Å²) in [4.78, 5) is 0.